The van der Waals surface area contributed by atoms with Gasteiger partial charge in [-0.05, 0) is 12.0 Å². The number of rotatable bonds is 3. The molecule has 0 bridgehead atoms. The number of carbonyl (C=O) groups excluding carboxylic acids is 1. The van der Waals surface area contributed by atoms with Crippen LogP contribution in [0.3, 0.4) is 0 Å². The molecular formula is C9H8N4O. The number of isocyanates is 1. The lowest BCUT2D eigenvalue weighted by Gasteiger charge is -1.97. The van der Waals surface area contributed by atoms with Gasteiger partial charge in [-0.25, -0.2) is 19.3 Å². The standard InChI is InChI=1S/C9H8N4O/c14-7-10-3-1-8-5-11-9-2-4-12-13(9)6-8/h2,4-6H,1,3H2. The molecule has 5 nitrogen and oxygen atoms in total. The fraction of sp³-hybridized carbons (Fsp3) is 0.222. The zero-order valence-electron chi connectivity index (χ0n) is 7.42. The van der Waals surface area contributed by atoms with E-state index in [2.05, 4.69) is 15.1 Å². The maximum Gasteiger partial charge on any atom is 0.234 e. The Bertz CT molecular complexity index is 484. The Morgan fingerprint density at radius 3 is 3.36 bits per heavy atom. The van der Waals surface area contributed by atoms with E-state index in [4.69, 9.17) is 0 Å². The van der Waals surface area contributed by atoms with Crippen molar-refractivity contribution in [3.8, 4) is 0 Å². The lowest BCUT2D eigenvalue weighted by Crippen LogP contribution is -1.96. The summed E-state index contributed by atoms with van der Waals surface area (Å²) in [6, 6.07) is 1.83. The molecule has 0 aliphatic heterocycles. The summed E-state index contributed by atoms with van der Waals surface area (Å²) in [5, 5.41) is 4.05. The molecule has 70 valence electrons. The number of fused-ring (bicyclic) bond motifs is 1. The third kappa shape index (κ3) is 1.67. The predicted molar refractivity (Wildman–Crippen MR) is 49.7 cm³/mol. The van der Waals surface area contributed by atoms with Gasteiger partial charge < -0.3 is 0 Å². The molecule has 0 N–H and O–H groups in total. The van der Waals surface area contributed by atoms with Gasteiger partial charge in [0.25, 0.3) is 0 Å². The van der Waals surface area contributed by atoms with Crippen molar-refractivity contribution in [3.05, 3.63) is 30.2 Å². The van der Waals surface area contributed by atoms with E-state index in [-0.39, 0.29) is 0 Å². The molecule has 0 aromatic carbocycles. The average molecular weight is 188 g/mol. The summed E-state index contributed by atoms with van der Waals surface area (Å²) < 4.78 is 1.69. The van der Waals surface area contributed by atoms with Gasteiger partial charge in [-0.1, -0.05) is 0 Å². The van der Waals surface area contributed by atoms with Crippen molar-refractivity contribution in [2.75, 3.05) is 6.54 Å². The molecule has 0 aliphatic carbocycles. The van der Waals surface area contributed by atoms with E-state index in [1.807, 2.05) is 12.3 Å². The molecule has 0 atom stereocenters. The van der Waals surface area contributed by atoms with E-state index in [1.165, 1.54) is 6.08 Å². The van der Waals surface area contributed by atoms with Crippen LogP contribution in [-0.4, -0.2) is 27.2 Å². The van der Waals surface area contributed by atoms with Gasteiger partial charge in [0.2, 0.25) is 6.08 Å². The highest BCUT2D eigenvalue weighted by atomic mass is 16.1. The monoisotopic (exact) mass is 188 g/mol. The lowest BCUT2D eigenvalue weighted by molar-refractivity contribution is 0.563. The van der Waals surface area contributed by atoms with Crippen molar-refractivity contribution >= 4 is 11.7 Å². The molecule has 2 aromatic heterocycles. The SMILES string of the molecule is O=C=NCCc1cnc2ccnn2c1. The minimum atomic E-state index is 0.442. The third-order valence-electron chi connectivity index (χ3n) is 1.88. The van der Waals surface area contributed by atoms with Crippen molar-refractivity contribution in [1.29, 1.82) is 0 Å². The molecule has 0 unspecified atom stereocenters. The van der Waals surface area contributed by atoms with Gasteiger partial charge in [-0.15, -0.1) is 0 Å². The molecule has 0 spiro atoms. The Kier molecular flexibility index (Phi) is 2.34. The third-order valence-corrected chi connectivity index (χ3v) is 1.88. The van der Waals surface area contributed by atoms with E-state index in [0.29, 0.717) is 13.0 Å². The first-order valence-electron chi connectivity index (χ1n) is 4.22. The number of aromatic nitrogens is 3. The molecule has 0 saturated carbocycles. The lowest BCUT2D eigenvalue weighted by atomic mass is 10.2. The summed E-state index contributed by atoms with van der Waals surface area (Å²) in [6.45, 7) is 0.442. The van der Waals surface area contributed by atoms with E-state index in [0.717, 1.165) is 11.2 Å². The highest BCUT2D eigenvalue weighted by molar-refractivity contribution is 5.36. The zero-order chi connectivity index (χ0) is 9.80. The minimum absolute atomic E-state index is 0.442. The van der Waals surface area contributed by atoms with Gasteiger partial charge in [0, 0.05) is 18.5 Å². The molecule has 0 fully saturated rings. The summed E-state index contributed by atoms with van der Waals surface area (Å²) in [5.74, 6) is 0. The minimum Gasteiger partial charge on any atom is -0.237 e. The average Bonchev–Trinajstić information content (AvgIpc) is 2.65. The number of hydrogen-bond acceptors (Lipinski definition) is 4. The second kappa shape index (κ2) is 3.81. The maximum atomic E-state index is 9.84. The quantitative estimate of drug-likeness (QED) is 0.523. The fourth-order valence-corrected chi connectivity index (χ4v) is 1.21. The highest BCUT2D eigenvalue weighted by Gasteiger charge is 1.97. The second-order valence-electron chi connectivity index (χ2n) is 2.82. The first-order valence-corrected chi connectivity index (χ1v) is 4.22. The largest absolute Gasteiger partial charge is 0.237 e. The summed E-state index contributed by atoms with van der Waals surface area (Å²) >= 11 is 0. The summed E-state index contributed by atoms with van der Waals surface area (Å²) in [6.07, 6.45) is 7.51. The van der Waals surface area contributed by atoms with Crippen LogP contribution in [0.15, 0.2) is 29.6 Å². The van der Waals surface area contributed by atoms with Crippen molar-refractivity contribution < 1.29 is 4.79 Å². The molecule has 2 aromatic rings. The van der Waals surface area contributed by atoms with Gasteiger partial charge in [0.05, 0.1) is 12.7 Å². The highest BCUT2D eigenvalue weighted by Crippen LogP contribution is 2.02. The molecule has 0 saturated heterocycles. The molecule has 2 heterocycles. The summed E-state index contributed by atoms with van der Waals surface area (Å²) in [7, 11) is 0. The molecule has 0 radical (unpaired) electrons. The number of nitrogens with zero attached hydrogens (tertiary/aromatic N) is 4. The van der Waals surface area contributed by atoms with E-state index in [9.17, 15) is 4.79 Å². The zero-order valence-corrected chi connectivity index (χ0v) is 7.42. The van der Waals surface area contributed by atoms with Gasteiger partial charge in [0.1, 0.15) is 0 Å². The Morgan fingerprint density at radius 1 is 1.57 bits per heavy atom. The Hall–Kier alpha value is -2.00. The van der Waals surface area contributed by atoms with Crippen LogP contribution in [0.25, 0.3) is 5.65 Å². The Labute approximate surface area is 80.1 Å². The van der Waals surface area contributed by atoms with Crippen LogP contribution >= 0.6 is 0 Å². The first-order chi connectivity index (χ1) is 6.90. The van der Waals surface area contributed by atoms with E-state index in [1.54, 1.807) is 16.9 Å². The molecule has 2 rings (SSSR count). The topological polar surface area (TPSA) is 59.6 Å². The van der Waals surface area contributed by atoms with Gasteiger partial charge >= 0.3 is 0 Å². The van der Waals surface area contributed by atoms with Gasteiger partial charge in [0.15, 0.2) is 5.65 Å². The van der Waals surface area contributed by atoms with E-state index < -0.39 is 0 Å². The molecule has 0 aliphatic rings. The van der Waals surface area contributed by atoms with Crippen LogP contribution in [0, 0.1) is 0 Å². The van der Waals surface area contributed by atoms with Crippen molar-refractivity contribution in [2.24, 2.45) is 4.99 Å². The van der Waals surface area contributed by atoms with Crippen LogP contribution in [0.1, 0.15) is 5.56 Å². The van der Waals surface area contributed by atoms with E-state index >= 15 is 0 Å². The van der Waals surface area contributed by atoms with Crippen molar-refractivity contribution in [1.82, 2.24) is 14.6 Å². The smallest absolute Gasteiger partial charge is 0.234 e. The normalized spacial score (nSPS) is 10.0. The second-order valence-corrected chi connectivity index (χ2v) is 2.82. The van der Waals surface area contributed by atoms with Crippen LogP contribution in [0.2, 0.25) is 0 Å². The van der Waals surface area contributed by atoms with Crippen LogP contribution in [0.4, 0.5) is 0 Å². The summed E-state index contributed by atoms with van der Waals surface area (Å²) in [5.41, 5.74) is 1.81. The van der Waals surface area contributed by atoms with Crippen molar-refractivity contribution in [2.45, 2.75) is 6.42 Å². The Morgan fingerprint density at radius 2 is 2.50 bits per heavy atom. The Balaban J connectivity index is 2.21. The maximum absolute atomic E-state index is 9.84. The van der Waals surface area contributed by atoms with Gasteiger partial charge in [-0.2, -0.15) is 5.10 Å². The molecule has 0 amide bonds. The number of aliphatic imine (C=N–C) groups is 1. The van der Waals surface area contributed by atoms with Crippen molar-refractivity contribution in [3.63, 3.8) is 0 Å². The van der Waals surface area contributed by atoms with Crippen LogP contribution in [-0.2, 0) is 11.2 Å². The van der Waals surface area contributed by atoms with Crippen LogP contribution in [0.5, 0.6) is 0 Å². The molecular weight excluding hydrogens is 180 g/mol. The first kappa shape index (κ1) is 8.59. The molecule has 5 heteroatoms. The van der Waals surface area contributed by atoms with Gasteiger partial charge in [-0.3, -0.25) is 0 Å². The fourth-order valence-electron chi connectivity index (χ4n) is 1.21. The molecule has 14 heavy (non-hydrogen) atoms. The number of hydrogen-bond donors (Lipinski definition) is 0. The predicted octanol–water partition coefficient (Wildman–Crippen LogP) is 0.608. The van der Waals surface area contributed by atoms with Crippen LogP contribution < -0.4 is 0 Å². The summed E-state index contributed by atoms with van der Waals surface area (Å²) in [4.78, 5) is 17.5.